The van der Waals surface area contributed by atoms with E-state index < -0.39 is 86.8 Å². The largest absolute Gasteiger partial charge is 0.394 e. The zero-order chi connectivity index (χ0) is 66.6. The minimum absolute atomic E-state index is 0.245. The molecule has 2 fully saturated rings. The van der Waals surface area contributed by atoms with Crippen LogP contribution in [-0.2, 0) is 23.7 Å². The van der Waals surface area contributed by atoms with Gasteiger partial charge in [0.25, 0.3) is 0 Å². The van der Waals surface area contributed by atoms with E-state index in [-0.39, 0.29) is 18.9 Å². The molecule has 14 heteroatoms. The number of hydrogen-bond donors (Lipinski definition) is 9. The number of nitrogens with one attached hydrogen (secondary N) is 1. The second-order valence-corrected chi connectivity index (χ2v) is 25.7. The summed E-state index contributed by atoms with van der Waals surface area (Å²) < 4.78 is 22.9. The van der Waals surface area contributed by atoms with Crippen LogP contribution in [0.15, 0.2) is 109 Å². The normalized spacial score (nSPS) is 23.3. The molecule has 2 aliphatic rings. The van der Waals surface area contributed by atoms with E-state index >= 15 is 0 Å². The fourth-order valence-corrected chi connectivity index (χ4v) is 11.6. The van der Waals surface area contributed by atoms with Crippen LogP contribution in [0, 0.1) is 0 Å². The maximum absolute atomic E-state index is 13.4. The standard InChI is InChI=1S/C78H135NO13/c1-3-5-7-9-11-13-15-17-19-21-23-25-27-28-29-30-31-32-33-34-35-36-37-38-40-42-44-46-48-50-52-54-56-58-60-62-70(83)79-66(65-89-77-75(88)73(86)76(69(64-81)91-77)92-78-74(87)72(85)71(84)68(63-80)90-78)67(82)61-59-57-55-53-51-49-47-45-43-41-39-26-24-22-20-18-16-14-12-10-8-6-4-2/h5,7,11,13,17,19,23,25,28-29,31-32,34-35,37-38,59,61,66-69,71-78,80-82,84-88H,3-4,6,8-10,12,14-16,18,20-22,24,26-27,30,33,36,39-58,60,62-65H2,1-2H3,(H,79,83)/b7-5-,13-11-,19-17-,25-23-,29-28-,32-31-,35-34-,38-37-,61-59+. The Labute approximate surface area is 559 Å². The number of allylic oxidation sites excluding steroid dienone is 17. The van der Waals surface area contributed by atoms with E-state index in [1.165, 1.54) is 161 Å². The number of rotatable bonds is 60. The molecule has 92 heavy (non-hydrogen) atoms. The molecule has 0 aromatic heterocycles. The fourth-order valence-electron chi connectivity index (χ4n) is 11.6. The lowest BCUT2D eigenvalue weighted by molar-refractivity contribution is -0.359. The summed E-state index contributed by atoms with van der Waals surface area (Å²) in [5, 5.41) is 87.5. The molecule has 9 N–H and O–H groups in total. The van der Waals surface area contributed by atoms with E-state index in [9.17, 15) is 45.6 Å². The Balaban J connectivity index is 1.66. The SMILES string of the molecule is CC/C=C\C/C=C\C/C=C\C/C=C\C/C=C\C/C=C\C/C=C\C/C=C\CCCCCCCCCCCCC(=O)NC(COC1OC(CO)C(OC2OC(CO)C(O)C(O)C2O)C(O)C1O)C(O)/C=C/CCCCCCCCCCCCCCCCCCCCCCC. The Morgan fingerprint density at radius 1 is 0.402 bits per heavy atom. The molecule has 0 spiro atoms. The molecule has 530 valence electrons. The Kier molecular flexibility index (Phi) is 56.4. The van der Waals surface area contributed by atoms with E-state index in [4.69, 9.17) is 18.9 Å². The van der Waals surface area contributed by atoms with Gasteiger partial charge in [-0.1, -0.05) is 303 Å². The summed E-state index contributed by atoms with van der Waals surface area (Å²) in [4.78, 5) is 13.4. The van der Waals surface area contributed by atoms with E-state index in [0.717, 1.165) is 96.3 Å². The van der Waals surface area contributed by atoms with Crippen LogP contribution in [0.5, 0.6) is 0 Å². The van der Waals surface area contributed by atoms with Gasteiger partial charge in [0.1, 0.15) is 48.8 Å². The van der Waals surface area contributed by atoms with Gasteiger partial charge in [-0.05, 0) is 83.5 Å². The van der Waals surface area contributed by atoms with Crippen LogP contribution in [0.3, 0.4) is 0 Å². The molecule has 2 aliphatic heterocycles. The number of hydrogen-bond acceptors (Lipinski definition) is 13. The highest BCUT2D eigenvalue weighted by atomic mass is 16.7. The monoisotopic (exact) mass is 1290 g/mol. The van der Waals surface area contributed by atoms with E-state index in [1.54, 1.807) is 6.08 Å². The van der Waals surface area contributed by atoms with Gasteiger partial charge in [0, 0.05) is 6.42 Å². The Bertz CT molecular complexity index is 1960. The Hall–Kier alpha value is -3.35. The third-order valence-electron chi connectivity index (χ3n) is 17.5. The van der Waals surface area contributed by atoms with Crippen molar-refractivity contribution in [1.82, 2.24) is 5.32 Å². The lowest BCUT2D eigenvalue weighted by Crippen LogP contribution is -2.65. The maximum Gasteiger partial charge on any atom is 0.220 e. The molecular weight excluding hydrogens is 1160 g/mol. The summed E-state index contributed by atoms with van der Waals surface area (Å²) in [5.74, 6) is -0.245. The minimum atomic E-state index is -1.79. The van der Waals surface area contributed by atoms with Crippen molar-refractivity contribution in [3.05, 3.63) is 109 Å². The first kappa shape index (κ1) is 84.7. The van der Waals surface area contributed by atoms with Crippen molar-refractivity contribution in [3.8, 4) is 0 Å². The number of unbranched alkanes of at least 4 members (excludes halogenated alkanes) is 31. The Morgan fingerprint density at radius 2 is 0.750 bits per heavy atom. The number of amides is 1. The summed E-state index contributed by atoms with van der Waals surface area (Å²) >= 11 is 0. The van der Waals surface area contributed by atoms with Gasteiger partial charge in [0.05, 0.1) is 32.0 Å². The third-order valence-corrected chi connectivity index (χ3v) is 17.5. The second kappa shape index (κ2) is 61.3. The van der Waals surface area contributed by atoms with Gasteiger partial charge in [0.2, 0.25) is 5.91 Å². The topological polar surface area (TPSA) is 228 Å². The minimum Gasteiger partial charge on any atom is -0.394 e. The van der Waals surface area contributed by atoms with Crippen LogP contribution in [-0.4, -0.2) is 140 Å². The van der Waals surface area contributed by atoms with Crippen molar-refractivity contribution in [2.24, 2.45) is 0 Å². The first-order valence-corrected chi connectivity index (χ1v) is 37.1. The van der Waals surface area contributed by atoms with E-state index in [0.29, 0.717) is 6.42 Å². The van der Waals surface area contributed by atoms with Crippen LogP contribution in [0.4, 0.5) is 0 Å². The highest BCUT2D eigenvalue weighted by Crippen LogP contribution is 2.30. The molecule has 0 aromatic rings. The molecule has 0 radical (unpaired) electrons. The van der Waals surface area contributed by atoms with Gasteiger partial charge < -0.3 is 65.1 Å². The highest BCUT2D eigenvalue weighted by molar-refractivity contribution is 5.76. The Morgan fingerprint density at radius 3 is 1.15 bits per heavy atom. The highest BCUT2D eigenvalue weighted by Gasteiger charge is 2.51. The average molecular weight is 1290 g/mol. The molecule has 0 bridgehead atoms. The van der Waals surface area contributed by atoms with Gasteiger partial charge >= 0.3 is 0 Å². The van der Waals surface area contributed by atoms with E-state index in [2.05, 4.69) is 116 Å². The number of carbonyl (C=O) groups is 1. The van der Waals surface area contributed by atoms with Crippen LogP contribution >= 0.6 is 0 Å². The predicted molar refractivity (Wildman–Crippen MR) is 378 cm³/mol. The molecule has 2 saturated heterocycles. The molecule has 0 saturated carbocycles. The zero-order valence-corrected chi connectivity index (χ0v) is 57.8. The van der Waals surface area contributed by atoms with Gasteiger partial charge in [-0.2, -0.15) is 0 Å². The number of ether oxygens (including phenoxy) is 4. The van der Waals surface area contributed by atoms with E-state index in [1.807, 2.05) is 6.08 Å². The first-order chi connectivity index (χ1) is 45.1. The number of carbonyl (C=O) groups excluding carboxylic acids is 1. The van der Waals surface area contributed by atoms with Crippen LogP contribution in [0.1, 0.15) is 284 Å². The predicted octanol–water partition coefficient (Wildman–Crippen LogP) is 15.9. The average Bonchev–Trinajstić information content (AvgIpc) is 0.830. The van der Waals surface area contributed by atoms with Crippen molar-refractivity contribution >= 4 is 5.91 Å². The molecule has 0 aromatic carbocycles. The van der Waals surface area contributed by atoms with Crippen LogP contribution in [0.25, 0.3) is 0 Å². The van der Waals surface area contributed by atoms with Crippen LogP contribution in [0.2, 0.25) is 0 Å². The first-order valence-electron chi connectivity index (χ1n) is 37.1. The maximum atomic E-state index is 13.4. The van der Waals surface area contributed by atoms with Crippen LogP contribution < -0.4 is 5.32 Å². The fraction of sp³-hybridized carbons (Fsp3) is 0.756. The van der Waals surface area contributed by atoms with Gasteiger partial charge in [0.15, 0.2) is 12.6 Å². The third kappa shape index (κ3) is 44.4. The van der Waals surface area contributed by atoms with Crippen molar-refractivity contribution in [3.63, 3.8) is 0 Å². The summed E-state index contributed by atoms with van der Waals surface area (Å²) in [7, 11) is 0. The second-order valence-electron chi connectivity index (χ2n) is 25.7. The van der Waals surface area contributed by atoms with Crippen molar-refractivity contribution in [1.29, 1.82) is 0 Å². The molecule has 1 amide bonds. The summed E-state index contributed by atoms with van der Waals surface area (Å²) in [5.41, 5.74) is 0. The van der Waals surface area contributed by atoms with Crippen molar-refractivity contribution in [2.75, 3.05) is 19.8 Å². The van der Waals surface area contributed by atoms with Crippen molar-refractivity contribution in [2.45, 2.75) is 357 Å². The number of aliphatic hydroxyl groups excluding tert-OH is 8. The van der Waals surface area contributed by atoms with Gasteiger partial charge in [-0.15, -0.1) is 0 Å². The van der Waals surface area contributed by atoms with Gasteiger partial charge in [-0.3, -0.25) is 4.79 Å². The molecule has 0 aliphatic carbocycles. The number of aliphatic hydroxyl groups is 8. The molecule has 12 atom stereocenters. The molecular formula is C78H135NO13. The smallest absolute Gasteiger partial charge is 0.220 e. The van der Waals surface area contributed by atoms with Gasteiger partial charge in [-0.25, -0.2) is 0 Å². The lowest BCUT2D eigenvalue weighted by atomic mass is 9.97. The van der Waals surface area contributed by atoms with Crippen molar-refractivity contribution < 1.29 is 64.6 Å². The summed E-state index contributed by atoms with van der Waals surface area (Å²) in [6.45, 7) is 2.71. The summed E-state index contributed by atoms with van der Waals surface area (Å²) in [6, 6.07) is -0.926. The molecule has 2 rings (SSSR count). The molecule has 14 nitrogen and oxygen atoms in total. The molecule has 2 heterocycles. The quantitative estimate of drug-likeness (QED) is 0.0204. The lowest BCUT2D eigenvalue weighted by Gasteiger charge is -2.46. The zero-order valence-electron chi connectivity index (χ0n) is 57.8. The summed E-state index contributed by atoms with van der Waals surface area (Å²) in [6.07, 6.45) is 71.3. The molecule has 12 unspecified atom stereocenters.